The van der Waals surface area contributed by atoms with Crippen molar-refractivity contribution in [3.05, 3.63) is 66.0 Å². The Hall–Kier alpha value is -2.67. The number of benzene rings is 1. The van der Waals surface area contributed by atoms with Gasteiger partial charge in [-0.2, -0.15) is 5.26 Å². The molecule has 1 aromatic heterocycles. The van der Waals surface area contributed by atoms with E-state index in [0.717, 1.165) is 0 Å². The van der Waals surface area contributed by atoms with E-state index in [-0.39, 0.29) is 5.91 Å². The van der Waals surface area contributed by atoms with Crippen LogP contribution in [0.15, 0.2) is 54.9 Å². The summed E-state index contributed by atoms with van der Waals surface area (Å²) in [5, 5.41) is 8.64. The molecule has 1 N–H and O–H groups in total. The molecule has 0 spiro atoms. The molecule has 2 aromatic rings. The Morgan fingerprint density at radius 3 is 2.35 bits per heavy atom. The van der Waals surface area contributed by atoms with Crippen LogP contribution in [0.1, 0.15) is 15.9 Å². The zero-order valence-corrected chi connectivity index (χ0v) is 9.00. The van der Waals surface area contributed by atoms with Crippen LogP contribution in [-0.4, -0.2) is 5.91 Å². The van der Waals surface area contributed by atoms with Gasteiger partial charge in [0, 0.05) is 17.7 Å². The van der Waals surface area contributed by atoms with Crippen LogP contribution in [-0.2, 0) is 0 Å². The van der Waals surface area contributed by atoms with Crippen molar-refractivity contribution in [2.75, 3.05) is 5.43 Å². The fraction of sp³-hybridized carbons (Fsp3) is 0. The molecule has 0 saturated heterocycles. The van der Waals surface area contributed by atoms with Crippen LogP contribution in [0.4, 0.5) is 0 Å². The van der Waals surface area contributed by atoms with Crippen molar-refractivity contribution in [1.29, 1.82) is 5.26 Å². The highest BCUT2D eigenvalue weighted by Gasteiger charge is 2.09. The first-order valence-corrected chi connectivity index (χ1v) is 5.07. The highest BCUT2D eigenvalue weighted by atomic mass is 16.2. The van der Waals surface area contributed by atoms with Gasteiger partial charge < -0.3 is 0 Å². The van der Waals surface area contributed by atoms with Gasteiger partial charge >= 0.3 is 5.91 Å². The normalized spacial score (nSPS) is 9.35. The lowest BCUT2D eigenvalue weighted by Crippen LogP contribution is -2.47. The Morgan fingerprint density at radius 1 is 1.12 bits per heavy atom. The second kappa shape index (κ2) is 4.90. The molecule has 1 aromatic carbocycles. The van der Waals surface area contributed by atoms with Crippen molar-refractivity contribution in [1.82, 2.24) is 0 Å². The predicted molar refractivity (Wildman–Crippen MR) is 61.5 cm³/mol. The molecule has 2 rings (SSSR count). The average molecular weight is 224 g/mol. The molecule has 0 saturated carbocycles. The largest absolute Gasteiger partial charge is 0.305 e. The van der Waals surface area contributed by atoms with Gasteiger partial charge in [-0.1, -0.05) is 22.9 Å². The monoisotopic (exact) mass is 224 g/mol. The number of pyridine rings is 1. The van der Waals surface area contributed by atoms with Crippen molar-refractivity contribution in [3.8, 4) is 6.07 Å². The van der Waals surface area contributed by atoms with Crippen LogP contribution in [0.5, 0.6) is 0 Å². The summed E-state index contributed by atoms with van der Waals surface area (Å²) in [6.07, 6.45) is 3.25. The first kappa shape index (κ1) is 10.8. The molecule has 0 atom stereocenters. The first-order chi connectivity index (χ1) is 8.29. The summed E-state index contributed by atoms with van der Waals surface area (Å²) in [6.45, 7) is 0. The minimum Gasteiger partial charge on any atom is -0.264 e. The quantitative estimate of drug-likeness (QED) is 0.780. The van der Waals surface area contributed by atoms with E-state index in [4.69, 9.17) is 5.26 Å². The summed E-state index contributed by atoms with van der Waals surface area (Å²) in [4.78, 5) is 11.8. The zero-order valence-electron chi connectivity index (χ0n) is 9.00. The fourth-order valence-electron chi connectivity index (χ4n) is 1.35. The van der Waals surface area contributed by atoms with Crippen molar-refractivity contribution in [2.45, 2.75) is 0 Å². The molecule has 0 bridgehead atoms. The fourth-order valence-corrected chi connectivity index (χ4v) is 1.35. The molecule has 0 unspecified atom stereocenters. The van der Waals surface area contributed by atoms with E-state index in [2.05, 4.69) is 5.43 Å². The second-order valence-electron chi connectivity index (χ2n) is 3.41. The molecule has 4 heteroatoms. The minimum atomic E-state index is -0.194. The maximum absolute atomic E-state index is 11.8. The van der Waals surface area contributed by atoms with E-state index in [1.165, 1.54) is 4.68 Å². The number of rotatable bonds is 2. The topological polar surface area (TPSA) is 56.8 Å². The number of nitriles is 1. The van der Waals surface area contributed by atoms with Crippen LogP contribution in [0.3, 0.4) is 0 Å². The first-order valence-electron chi connectivity index (χ1n) is 5.07. The Kier molecular flexibility index (Phi) is 3.13. The highest BCUT2D eigenvalue weighted by molar-refractivity contribution is 5.98. The number of aromatic nitrogens is 1. The molecule has 0 fully saturated rings. The Labute approximate surface area is 98.7 Å². The van der Waals surface area contributed by atoms with Gasteiger partial charge in [0.15, 0.2) is 0 Å². The number of carbonyl (C=O) groups is 1. The summed E-state index contributed by atoms with van der Waals surface area (Å²) in [6, 6.07) is 14.2. The Balaban J connectivity index is 2.11. The van der Waals surface area contributed by atoms with Gasteiger partial charge in [-0.15, -0.1) is 5.43 Å². The maximum Gasteiger partial charge on any atom is 0.305 e. The number of nitrogens with one attached hydrogen (secondary N) is 1. The van der Waals surface area contributed by atoms with Crippen molar-refractivity contribution < 1.29 is 9.47 Å². The number of carbonyl (C=O) groups excluding carboxylic acids is 1. The highest BCUT2D eigenvalue weighted by Crippen LogP contribution is 1.97. The number of hydrogen-bond acceptors (Lipinski definition) is 2. The molecule has 0 aliphatic carbocycles. The van der Waals surface area contributed by atoms with Crippen LogP contribution in [0, 0.1) is 11.3 Å². The van der Waals surface area contributed by atoms with Gasteiger partial charge in [-0.3, -0.25) is 4.79 Å². The lowest BCUT2D eigenvalue weighted by Gasteiger charge is -1.99. The Morgan fingerprint density at radius 2 is 1.76 bits per heavy atom. The van der Waals surface area contributed by atoms with E-state index in [1.807, 2.05) is 12.1 Å². The third-order valence-electron chi connectivity index (χ3n) is 2.23. The van der Waals surface area contributed by atoms with E-state index in [1.54, 1.807) is 48.8 Å². The molecule has 4 nitrogen and oxygen atoms in total. The number of amides is 1. The smallest absolute Gasteiger partial charge is 0.264 e. The molecule has 1 heterocycles. The summed E-state index contributed by atoms with van der Waals surface area (Å²) in [5.74, 6) is -0.194. The molecular weight excluding hydrogens is 214 g/mol. The number of nitrogens with zero attached hydrogens (tertiary/aromatic N) is 2. The molecule has 1 amide bonds. The lowest BCUT2D eigenvalue weighted by atomic mass is 10.2. The predicted octanol–water partition coefficient (Wildman–Crippen LogP) is 1.23. The molecule has 0 aliphatic heterocycles. The number of hydrogen-bond donors (Lipinski definition) is 1. The summed E-state index contributed by atoms with van der Waals surface area (Å²) >= 11 is 0. The van der Waals surface area contributed by atoms with Gasteiger partial charge in [0.2, 0.25) is 12.4 Å². The SMILES string of the molecule is N#Cc1cc[n+](NC(=O)c2ccccc2)cc1. The average Bonchev–Trinajstić information content (AvgIpc) is 2.40. The van der Waals surface area contributed by atoms with Crippen molar-refractivity contribution in [2.24, 2.45) is 0 Å². The molecule has 82 valence electrons. The Bertz CT molecular complexity index is 555. The van der Waals surface area contributed by atoms with Gasteiger partial charge in [0.05, 0.1) is 11.6 Å². The van der Waals surface area contributed by atoms with Crippen LogP contribution in [0.25, 0.3) is 0 Å². The summed E-state index contributed by atoms with van der Waals surface area (Å²) in [5.41, 5.74) is 3.82. The molecular formula is C13H10N3O+. The van der Waals surface area contributed by atoms with E-state index < -0.39 is 0 Å². The third kappa shape index (κ3) is 2.67. The molecule has 0 aliphatic rings. The summed E-state index contributed by atoms with van der Waals surface area (Å²) < 4.78 is 1.51. The standard InChI is InChI=1S/C13H9N3O/c14-10-11-6-8-16(9-7-11)15-13(17)12-4-2-1-3-5-12/h1-9H/p+1. The van der Waals surface area contributed by atoms with Crippen LogP contribution in [0.2, 0.25) is 0 Å². The van der Waals surface area contributed by atoms with Gasteiger partial charge in [-0.25, -0.2) is 0 Å². The van der Waals surface area contributed by atoms with Crippen molar-refractivity contribution in [3.63, 3.8) is 0 Å². The van der Waals surface area contributed by atoms with E-state index >= 15 is 0 Å². The minimum absolute atomic E-state index is 0.194. The maximum atomic E-state index is 11.8. The third-order valence-corrected chi connectivity index (χ3v) is 2.23. The van der Waals surface area contributed by atoms with Gasteiger partial charge in [0.25, 0.3) is 0 Å². The summed E-state index contributed by atoms with van der Waals surface area (Å²) in [7, 11) is 0. The molecule has 17 heavy (non-hydrogen) atoms. The van der Waals surface area contributed by atoms with Gasteiger partial charge in [-0.05, 0) is 12.1 Å². The van der Waals surface area contributed by atoms with Gasteiger partial charge in [0.1, 0.15) is 0 Å². The lowest BCUT2D eigenvalue weighted by molar-refractivity contribution is -0.641. The van der Waals surface area contributed by atoms with Crippen molar-refractivity contribution >= 4 is 5.91 Å². The van der Waals surface area contributed by atoms with E-state index in [9.17, 15) is 4.79 Å². The van der Waals surface area contributed by atoms with Crippen LogP contribution < -0.4 is 10.1 Å². The van der Waals surface area contributed by atoms with Crippen LogP contribution >= 0.6 is 0 Å². The van der Waals surface area contributed by atoms with E-state index in [0.29, 0.717) is 11.1 Å². The molecule has 0 radical (unpaired) electrons. The zero-order chi connectivity index (χ0) is 12.1. The second-order valence-corrected chi connectivity index (χ2v) is 3.41.